The minimum Gasteiger partial charge on any atom is -0.493 e. The van der Waals surface area contributed by atoms with Gasteiger partial charge in [-0.1, -0.05) is 18.2 Å². The lowest BCUT2D eigenvalue weighted by Crippen LogP contribution is -2.14. The molecule has 1 aromatic carbocycles. The molecule has 1 atom stereocenters. The smallest absolute Gasteiger partial charge is 0.119 e. The molecule has 0 saturated heterocycles. The standard InChI is InChI=1S/C15H17NO2/c1-12-4-2-6-15(8-12)18-11-14(10-17)13-5-3-7-16-9-13/h2-9,14,17H,10-11H2,1H3. The highest BCUT2D eigenvalue weighted by Gasteiger charge is 2.11. The largest absolute Gasteiger partial charge is 0.493 e. The first-order valence-corrected chi connectivity index (χ1v) is 6.00. The molecule has 2 aromatic rings. The first kappa shape index (κ1) is 12.6. The molecule has 0 spiro atoms. The molecule has 1 unspecified atom stereocenters. The molecule has 1 heterocycles. The second kappa shape index (κ2) is 6.17. The molecule has 0 aliphatic carbocycles. The molecule has 2 rings (SSSR count). The van der Waals surface area contributed by atoms with Crippen molar-refractivity contribution in [3.63, 3.8) is 0 Å². The van der Waals surface area contributed by atoms with Gasteiger partial charge in [-0.3, -0.25) is 4.98 Å². The molecule has 94 valence electrons. The lowest BCUT2D eigenvalue weighted by molar-refractivity contribution is 0.205. The minimum absolute atomic E-state index is 0.0424. The molecular weight excluding hydrogens is 226 g/mol. The van der Waals surface area contributed by atoms with Crippen molar-refractivity contribution in [3.05, 3.63) is 59.9 Å². The van der Waals surface area contributed by atoms with Crippen molar-refractivity contribution >= 4 is 0 Å². The number of hydrogen-bond donors (Lipinski definition) is 1. The van der Waals surface area contributed by atoms with E-state index in [0.29, 0.717) is 6.61 Å². The third-order valence-corrected chi connectivity index (χ3v) is 2.82. The Bertz CT molecular complexity index is 485. The molecule has 3 nitrogen and oxygen atoms in total. The number of pyridine rings is 1. The van der Waals surface area contributed by atoms with Gasteiger partial charge in [0, 0.05) is 18.3 Å². The van der Waals surface area contributed by atoms with E-state index in [1.54, 1.807) is 12.4 Å². The number of aliphatic hydroxyl groups excluding tert-OH is 1. The highest BCUT2D eigenvalue weighted by atomic mass is 16.5. The third kappa shape index (κ3) is 3.31. The zero-order valence-corrected chi connectivity index (χ0v) is 10.4. The number of aryl methyl sites for hydroxylation is 1. The van der Waals surface area contributed by atoms with Crippen LogP contribution in [0.2, 0.25) is 0 Å². The Hall–Kier alpha value is -1.87. The summed E-state index contributed by atoms with van der Waals surface area (Å²) >= 11 is 0. The Kier molecular flexibility index (Phi) is 4.31. The maximum Gasteiger partial charge on any atom is 0.119 e. The second-order valence-electron chi connectivity index (χ2n) is 4.29. The lowest BCUT2D eigenvalue weighted by Gasteiger charge is -2.15. The summed E-state index contributed by atoms with van der Waals surface area (Å²) in [6, 6.07) is 11.7. The predicted molar refractivity (Wildman–Crippen MR) is 70.7 cm³/mol. The van der Waals surface area contributed by atoms with Crippen molar-refractivity contribution in [1.82, 2.24) is 4.98 Å². The van der Waals surface area contributed by atoms with E-state index in [4.69, 9.17) is 4.74 Å². The fraction of sp³-hybridized carbons (Fsp3) is 0.267. The molecule has 0 radical (unpaired) electrons. The minimum atomic E-state index is -0.0424. The van der Waals surface area contributed by atoms with Crippen LogP contribution >= 0.6 is 0 Å². The number of benzene rings is 1. The van der Waals surface area contributed by atoms with Crippen LogP contribution in [-0.4, -0.2) is 23.3 Å². The van der Waals surface area contributed by atoms with Gasteiger partial charge in [0.25, 0.3) is 0 Å². The van der Waals surface area contributed by atoms with Crippen LogP contribution in [-0.2, 0) is 0 Å². The van der Waals surface area contributed by atoms with Crippen LogP contribution in [0.3, 0.4) is 0 Å². The van der Waals surface area contributed by atoms with E-state index in [-0.39, 0.29) is 12.5 Å². The van der Waals surface area contributed by atoms with Crippen LogP contribution in [0.15, 0.2) is 48.8 Å². The number of aliphatic hydroxyl groups is 1. The van der Waals surface area contributed by atoms with Crippen molar-refractivity contribution in [3.8, 4) is 5.75 Å². The highest BCUT2D eigenvalue weighted by molar-refractivity contribution is 5.27. The number of nitrogens with zero attached hydrogens (tertiary/aromatic N) is 1. The molecule has 0 amide bonds. The van der Waals surface area contributed by atoms with E-state index in [2.05, 4.69) is 4.98 Å². The molecule has 1 N–H and O–H groups in total. The normalized spacial score (nSPS) is 12.1. The number of aromatic nitrogens is 1. The Morgan fingerprint density at radius 1 is 1.28 bits per heavy atom. The van der Waals surface area contributed by atoms with Gasteiger partial charge >= 0.3 is 0 Å². The van der Waals surface area contributed by atoms with Gasteiger partial charge in [0.15, 0.2) is 0 Å². The summed E-state index contributed by atoms with van der Waals surface area (Å²) in [5.41, 5.74) is 2.15. The fourth-order valence-corrected chi connectivity index (χ4v) is 1.77. The molecule has 0 fully saturated rings. The Labute approximate surface area is 107 Å². The van der Waals surface area contributed by atoms with Gasteiger partial charge in [0.1, 0.15) is 5.75 Å². The summed E-state index contributed by atoms with van der Waals surface area (Å²) in [6.45, 7) is 2.53. The van der Waals surface area contributed by atoms with Gasteiger partial charge in [-0.2, -0.15) is 0 Å². The maximum atomic E-state index is 9.40. The molecular formula is C15H17NO2. The molecule has 3 heteroatoms. The summed E-state index contributed by atoms with van der Waals surface area (Å²) < 4.78 is 5.71. The molecule has 0 aliphatic heterocycles. The summed E-state index contributed by atoms with van der Waals surface area (Å²) in [5, 5.41) is 9.40. The molecule has 0 bridgehead atoms. The van der Waals surface area contributed by atoms with Crippen LogP contribution in [0.1, 0.15) is 17.0 Å². The predicted octanol–water partition coefficient (Wildman–Crippen LogP) is 2.54. The van der Waals surface area contributed by atoms with Crippen molar-refractivity contribution in [2.75, 3.05) is 13.2 Å². The highest BCUT2D eigenvalue weighted by Crippen LogP contribution is 2.18. The van der Waals surface area contributed by atoms with Crippen LogP contribution in [0.25, 0.3) is 0 Å². The number of hydrogen-bond acceptors (Lipinski definition) is 3. The Balaban J connectivity index is 2.00. The molecule has 0 aliphatic rings. The fourth-order valence-electron chi connectivity index (χ4n) is 1.77. The van der Waals surface area contributed by atoms with Crippen molar-refractivity contribution in [1.29, 1.82) is 0 Å². The van der Waals surface area contributed by atoms with Crippen LogP contribution < -0.4 is 4.74 Å². The van der Waals surface area contributed by atoms with Crippen LogP contribution in [0.4, 0.5) is 0 Å². The maximum absolute atomic E-state index is 9.40. The van der Waals surface area contributed by atoms with E-state index in [1.807, 2.05) is 43.3 Å². The van der Waals surface area contributed by atoms with E-state index in [0.717, 1.165) is 16.9 Å². The van der Waals surface area contributed by atoms with Gasteiger partial charge in [-0.25, -0.2) is 0 Å². The summed E-state index contributed by atoms with van der Waals surface area (Å²) in [4.78, 5) is 4.06. The number of rotatable bonds is 5. The molecule has 1 aromatic heterocycles. The lowest BCUT2D eigenvalue weighted by atomic mass is 10.0. The molecule has 0 saturated carbocycles. The van der Waals surface area contributed by atoms with Gasteiger partial charge < -0.3 is 9.84 Å². The van der Waals surface area contributed by atoms with Gasteiger partial charge in [-0.05, 0) is 36.2 Å². The Morgan fingerprint density at radius 2 is 2.17 bits per heavy atom. The van der Waals surface area contributed by atoms with E-state index < -0.39 is 0 Å². The van der Waals surface area contributed by atoms with E-state index in [1.165, 1.54) is 0 Å². The van der Waals surface area contributed by atoms with Gasteiger partial charge in [-0.15, -0.1) is 0 Å². The zero-order chi connectivity index (χ0) is 12.8. The van der Waals surface area contributed by atoms with Gasteiger partial charge in [0.05, 0.1) is 13.2 Å². The Morgan fingerprint density at radius 3 is 2.83 bits per heavy atom. The van der Waals surface area contributed by atoms with Crippen molar-refractivity contribution in [2.24, 2.45) is 0 Å². The first-order valence-electron chi connectivity index (χ1n) is 6.00. The van der Waals surface area contributed by atoms with E-state index >= 15 is 0 Å². The molecule has 18 heavy (non-hydrogen) atoms. The summed E-state index contributed by atoms with van der Waals surface area (Å²) in [7, 11) is 0. The average molecular weight is 243 g/mol. The average Bonchev–Trinajstić information content (AvgIpc) is 2.41. The zero-order valence-electron chi connectivity index (χ0n) is 10.4. The number of ether oxygens (including phenoxy) is 1. The summed E-state index contributed by atoms with van der Waals surface area (Å²) in [6.07, 6.45) is 3.49. The first-order chi connectivity index (χ1) is 8.79. The van der Waals surface area contributed by atoms with Crippen LogP contribution in [0.5, 0.6) is 5.75 Å². The third-order valence-electron chi connectivity index (χ3n) is 2.82. The van der Waals surface area contributed by atoms with E-state index in [9.17, 15) is 5.11 Å². The van der Waals surface area contributed by atoms with Gasteiger partial charge in [0.2, 0.25) is 0 Å². The van der Waals surface area contributed by atoms with Crippen LogP contribution in [0, 0.1) is 6.92 Å². The SMILES string of the molecule is Cc1cccc(OCC(CO)c2cccnc2)c1. The topological polar surface area (TPSA) is 42.4 Å². The summed E-state index contributed by atoms with van der Waals surface area (Å²) in [5.74, 6) is 0.788. The van der Waals surface area contributed by atoms with Crippen molar-refractivity contribution in [2.45, 2.75) is 12.8 Å². The second-order valence-corrected chi connectivity index (χ2v) is 4.29. The quantitative estimate of drug-likeness (QED) is 0.877. The van der Waals surface area contributed by atoms with Crippen molar-refractivity contribution < 1.29 is 9.84 Å². The monoisotopic (exact) mass is 243 g/mol.